The first-order chi connectivity index (χ1) is 17.6. The maximum atomic E-state index is 13.6. The van der Waals surface area contributed by atoms with Crippen LogP contribution in [0.4, 0.5) is 4.39 Å². The maximum absolute atomic E-state index is 13.6. The highest BCUT2D eigenvalue weighted by Crippen LogP contribution is 2.38. The number of carbonyl (C=O) groups excluding carboxylic acids is 1. The predicted octanol–water partition coefficient (Wildman–Crippen LogP) is 6.26. The highest BCUT2D eigenvalue weighted by molar-refractivity contribution is 5.96. The van der Waals surface area contributed by atoms with E-state index >= 15 is 0 Å². The zero-order valence-corrected chi connectivity index (χ0v) is 20.6. The molecule has 1 aromatic heterocycles. The molecule has 3 aromatic rings. The molecule has 1 atom stereocenters. The summed E-state index contributed by atoms with van der Waals surface area (Å²) in [5.74, 6) is -0.492. The van der Waals surface area contributed by atoms with Crippen molar-refractivity contribution in [3.8, 4) is 0 Å². The monoisotopic (exact) mass is 487 g/mol. The molecular weight excluding hydrogens is 453 g/mol. The third-order valence-corrected chi connectivity index (χ3v) is 7.47. The average Bonchev–Trinajstić information content (AvgIpc) is 3.19. The van der Waals surface area contributed by atoms with Crippen molar-refractivity contribution in [1.29, 1.82) is 0 Å². The summed E-state index contributed by atoms with van der Waals surface area (Å²) in [4.78, 5) is 13.6. The van der Waals surface area contributed by atoms with Crippen LogP contribution in [-0.4, -0.2) is 27.4 Å². The van der Waals surface area contributed by atoms with Crippen molar-refractivity contribution in [3.63, 3.8) is 0 Å². The molecule has 1 amide bonds. The van der Waals surface area contributed by atoms with Gasteiger partial charge in [0.15, 0.2) is 5.69 Å². The van der Waals surface area contributed by atoms with E-state index in [0.29, 0.717) is 5.69 Å². The molecule has 2 N–H and O–H groups in total. The van der Waals surface area contributed by atoms with Gasteiger partial charge in [-0.15, -0.1) is 0 Å². The molecule has 0 radical (unpaired) electrons. The molecule has 0 spiro atoms. The molecule has 1 heterocycles. The first-order valence-electron chi connectivity index (χ1n) is 13.2. The van der Waals surface area contributed by atoms with Crippen LogP contribution in [-0.2, 0) is 6.42 Å². The number of hydrogen-bond donors (Lipinski definition) is 2. The van der Waals surface area contributed by atoms with Crippen LogP contribution in [0.15, 0.2) is 54.6 Å². The Morgan fingerprint density at radius 1 is 1.03 bits per heavy atom. The number of halogens is 1. The molecule has 6 heteroatoms. The van der Waals surface area contributed by atoms with Crippen LogP contribution >= 0.6 is 0 Å². The molecule has 1 fully saturated rings. The number of benzene rings is 2. The van der Waals surface area contributed by atoms with Gasteiger partial charge >= 0.3 is 0 Å². The van der Waals surface area contributed by atoms with Crippen molar-refractivity contribution in [2.45, 2.75) is 69.9 Å². The Morgan fingerprint density at radius 3 is 2.47 bits per heavy atom. The number of aliphatic hydroxyl groups is 1. The quantitative estimate of drug-likeness (QED) is 0.404. The Bertz CT molecular complexity index is 1210. The lowest BCUT2D eigenvalue weighted by Crippen LogP contribution is -2.31. The van der Waals surface area contributed by atoms with Crippen LogP contribution in [0.1, 0.15) is 96.3 Å². The van der Waals surface area contributed by atoms with E-state index in [1.807, 2.05) is 30.3 Å². The zero-order valence-electron chi connectivity index (χ0n) is 20.6. The molecule has 0 saturated heterocycles. The Hall–Kier alpha value is -3.25. The molecule has 2 aromatic carbocycles. The first kappa shape index (κ1) is 24.4. The summed E-state index contributed by atoms with van der Waals surface area (Å²) in [5.41, 5.74) is 5.50. The van der Waals surface area contributed by atoms with E-state index in [9.17, 15) is 14.3 Å². The average molecular weight is 488 g/mol. The molecule has 188 valence electrons. The van der Waals surface area contributed by atoms with Gasteiger partial charge in [0.25, 0.3) is 5.91 Å². The van der Waals surface area contributed by atoms with Gasteiger partial charge in [-0.3, -0.25) is 9.48 Å². The predicted molar refractivity (Wildman–Crippen MR) is 140 cm³/mol. The largest absolute Gasteiger partial charge is 0.394 e. The molecule has 5 rings (SSSR count). The van der Waals surface area contributed by atoms with Gasteiger partial charge in [0.05, 0.1) is 24.4 Å². The minimum atomic E-state index is -0.491. The van der Waals surface area contributed by atoms with Crippen LogP contribution in [0, 0.1) is 5.82 Å². The van der Waals surface area contributed by atoms with E-state index in [2.05, 4.69) is 16.1 Å². The molecule has 36 heavy (non-hydrogen) atoms. The summed E-state index contributed by atoms with van der Waals surface area (Å²) in [6.07, 6.45) is 11.5. The fourth-order valence-electron chi connectivity index (χ4n) is 5.60. The number of rotatable bonds is 6. The molecule has 0 bridgehead atoms. The number of nitrogens with one attached hydrogen (secondary N) is 1. The van der Waals surface area contributed by atoms with Gasteiger partial charge in [0.2, 0.25) is 0 Å². The minimum absolute atomic E-state index is 0.184. The van der Waals surface area contributed by atoms with E-state index in [-0.39, 0.29) is 24.4 Å². The van der Waals surface area contributed by atoms with Crippen LogP contribution in [0.25, 0.3) is 11.6 Å². The topological polar surface area (TPSA) is 67.2 Å². The third kappa shape index (κ3) is 5.29. The van der Waals surface area contributed by atoms with Crippen molar-refractivity contribution in [1.82, 2.24) is 15.1 Å². The summed E-state index contributed by atoms with van der Waals surface area (Å²) >= 11 is 0. The molecule has 2 aliphatic rings. The fraction of sp³-hybridized carbons (Fsp3) is 0.400. The summed E-state index contributed by atoms with van der Waals surface area (Å²) in [6, 6.07) is 15.9. The highest BCUT2D eigenvalue weighted by Gasteiger charge is 2.31. The molecule has 2 aliphatic carbocycles. The molecule has 0 aliphatic heterocycles. The highest BCUT2D eigenvalue weighted by atomic mass is 19.1. The first-order valence-corrected chi connectivity index (χ1v) is 13.2. The second-order valence-corrected chi connectivity index (χ2v) is 9.96. The number of allylic oxidation sites excluding steroid dienone is 1. The Kier molecular flexibility index (Phi) is 7.61. The number of carbonyl (C=O) groups is 1. The zero-order chi connectivity index (χ0) is 24.9. The second kappa shape index (κ2) is 11.2. The van der Waals surface area contributed by atoms with Crippen molar-refractivity contribution < 1.29 is 14.3 Å². The smallest absolute Gasteiger partial charge is 0.272 e. The lowest BCUT2D eigenvalue weighted by atomic mass is 9.94. The lowest BCUT2D eigenvalue weighted by Gasteiger charge is -2.25. The van der Waals surface area contributed by atoms with Gasteiger partial charge in [-0.05, 0) is 73.4 Å². The van der Waals surface area contributed by atoms with Crippen LogP contribution < -0.4 is 5.32 Å². The normalized spacial score (nSPS) is 18.4. The van der Waals surface area contributed by atoms with Crippen LogP contribution in [0.2, 0.25) is 0 Å². The maximum Gasteiger partial charge on any atom is 0.272 e. The second-order valence-electron chi connectivity index (χ2n) is 9.96. The minimum Gasteiger partial charge on any atom is -0.394 e. The molecule has 1 saturated carbocycles. The fourth-order valence-corrected chi connectivity index (χ4v) is 5.60. The Labute approximate surface area is 212 Å². The number of fused-ring (bicyclic) bond motifs is 1. The molecule has 0 unspecified atom stereocenters. The number of hydrogen-bond acceptors (Lipinski definition) is 3. The third-order valence-electron chi connectivity index (χ3n) is 7.47. The Balaban J connectivity index is 1.56. The van der Waals surface area contributed by atoms with Gasteiger partial charge in [0.1, 0.15) is 5.82 Å². The summed E-state index contributed by atoms with van der Waals surface area (Å²) < 4.78 is 15.7. The molecular formula is C30H34FN3O2. The summed E-state index contributed by atoms with van der Waals surface area (Å²) in [7, 11) is 0. The van der Waals surface area contributed by atoms with Crippen molar-refractivity contribution >= 4 is 17.6 Å². The summed E-state index contributed by atoms with van der Waals surface area (Å²) in [5, 5.41) is 18.0. The summed E-state index contributed by atoms with van der Waals surface area (Å²) in [6.45, 7) is -0.184. The van der Waals surface area contributed by atoms with Gasteiger partial charge < -0.3 is 10.4 Å². The van der Waals surface area contributed by atoms with Gasteiger partial charge in [0, 0.05) is 5.56 Å². The molecule has 5 nitrogen and oxygen atoms in total. The SMILES string of the molecule is O=C(N[C@@H](CO)c1ccccc1)c1nn(C2CCCCC2)c2c1CCCC/C2=C\c1ccc(F)cc1. The standard InChI is InChI=1S/C30H34FN3O2/c31-24-17-15-21(16-18-24)19-23-11-7-8-14-26-28(33-34(29(23)26)25-12-5-2-6-13-25)30(36)32-27(20-35)22-9-3-1-4-10-22/h1,3-4,9-10,15-19,25,27,35H,2,5-8,11-14,20H2,(H,32,36)/b23-19+/t27-/m0/s1. The van der Waals surface area contributed by atoms with Crippen LogP contribution in [0.3, 0.4) is 0 Å². The van der Waals surface area contributed by atoms with Gasteiger partial charge in [-0.25, -0.2) is 4.39 Å². The van der Waals surface area contributed by atoms with E-state index in [4.69, 9.17) is 5.10 Å². The van der Waals surface area contributed by atoms with Gasteiger partial charge in [-0.1, -0.05) is 61.7 Å². The Morgan fingerprint density at radius 2 is 1.75 bits per heavy atom. The van der Waals surface area contributed by atoms with Crippen LogP contribution in [0.5, 0.6) is 0 Å². The number of aliphatic hydroxyl groups excluding tert-OH is 1. The van der Waals surface area contributed by atoms with E-state index in [1.165, 1.54) is 31.4 Å². The van der Waals surface area contributed by atoms with E-state index in [1.54, 1.807) is 12.1 Å². The van der Waals surface area contributed by atoms with E-state index < -0.39 is 6.04 Å². The number of nitrogens with zero attached hydrogens (tertiary/aromatic N) is 2. The number of aromatic nitrogens is 2. The number of amides is 1. The van der Waals surface area contributed by atoms with E-state index in [0.717, 1.165) is 66.5 Å². The lowest BCUT2D eigenvalue weighted by molar-refractivity contribution is 0.0908. The van der Waals surface area contributed by atoms with Crippen molar-refractivity contribution in [2.75, 3.05) is 6.61 Å². The van der Waals surface area contributed by atoms with Crippen molar-refractivity contribution in [3.05, 3.63) is 88.5 Å². The van der Waals surface area contributed by atoms with Crippen molar-refractivity contribution in [2.24, 2.45) is 0 Å². The van der Waals surface area contributed by atoms with Gasteiger partial charge in [-0.2, -0.15) is 5.10 Å².